The zero-order valence-electron chi connectivity index (χ0n) is 16.7. The van der Waals surface area contributed by atoms with Crippen LogP contribution in [0.1, 0.15) is 19.4 Å². The van der Waals surface area contributed by atoms with Crippen molar-refractivity contribution in [3.8, 4) is 11.5 Å². The Labute approximate surface area is 198 Å². The fourth-order valence-electron chi connectivity index (χ4n) is 2.34. The van der Waals surface area contributed by atoms with Crippen LogP contribution in [0.25, 0.3) is 0 Å². The van der Waals surface area contributed by atoms with E-state index >= 15 is 0 Å². The molecule has 0 aliphatic heterocycles. The van der Waals surface area contributed by atoms with Gasteiger partial charge >= 0.3 is 0 Å². The van der Waals surface area contributed by atoms with Crippen molar-refractivity contribution in [3.63, 3.8) is 0 Å². The molecule has 0 aliphatic carbocycles. The maximum absolute atomic E-state index is 13.2. The molecule has 0 saturated carbocycles. The van der Waals surface area contributed by atoms with Gasteiger partial charge in [0.2, 0.25) is 0 Å². The number of rotatable bonds is 6. The molecule has 0 heterocycles. The molecule has 3 aromatic rings. The molecule has 0 unspecified atom stereocenters. The largest absolute Gasteiger partial charge is 0.453 e. The summed E-state index contributed by atoms with van der Waals surface area (Å²) in [6.45, 7) is 5.79. The number of hydrogen-bond acceptors (Lipinski definition) is 5. The molecule has 0 radical (unpaired) electrons. The van der Waals surface area contributed by atoms with Crippen LogP contribution in [0.4, 0.5) is 15.8 Å². The normalized spacial score (nSPS) is 10.2. The Morgan fingerprint density at radius 3 is 2.19 bits per heavy atom. The van der Waals surface area contributed by atoms with Crippen LogP contribution in [0, 0.1) is 22.9 Å². The fourth-order valence-corrected chi connectivity index (χ4v) is 4.06. The third-order valence-corrected chi connectivity index (χ3v) is 5.43. The van der Waals surface area contributed by atoms with Crippen LogP contribution in [-0.2, 0) is 0 Å². The number of benzene rings is 3. The molecule has 0 spiro atoms. The number of nitrogens with zero attached hydrogens (tertiary/aromatic N) is 1. The SMILES string of the molecule is CC.Cc1cc(F)ccc1NSc1cc(Cl)c(Oc2ccc([N+](=O)[O-])cc2Cl)c(Cl)c1. The minimum absolute atomic E-state index is 0.0539. The first-order valence-electron chi connectivity index (χ1n) is 9.04. The Kier molecular flexibility index (Phi) is 9.25. The summed E-state index contributed by atoms with van der Waals surface area (Å²) >= 11 is 19.9. The van der Waals surface area contributed by atoms with Crippen LogP contribution in [0.3, 0.4) is 0 Å². The first kappa shape index (κ1) is 25.1. The topological polar surface area (TPSA) is 64.4 Å². The van der Waals surface area contributed by atoms with E-state index in [-0.39, 0.29) is 38.1 Å². The van der Waals surface area contributed by atoms with Crippen LogP contribution in [0.2, 0.25) is 15.1 Å². The van der Waals surface area contributed by atoms with Crippen LogP contribution in [0.5, 0.6) is 11.5 Å². The van der Waals surface area contributed by atoms with Crippen LogP contribution in [0.15, 0.2) is 53.4 Å². The second-order valence-corrected chi connectivity index (χ2v) is 7.95. The number of anilines is 1. The molecule has 164 valence electrons. The second kappa shape index (κ2) is 11.4. The average molecular weight is 504 g/mol. The molecule has 1 N–H and O–H groups in total. The van der Waals surface area contributed by atoms with E-state index in [1.165, 1.54) is 42.3 Å². The van der Waals surface area contributed by atoms with Gasteiger partial charge in [-0.3, -0.25) is 10.1 Å². The van der Waals surface area contributed by atoms with Gasteiger partial charge in [-0.25, -0.2) is 4.39 Å². The van der Waals surface area contributed by atoms with Gasteiger partial charge < -0.3 is 9.46 Å². The average Bonchev–Trinajstić information content (AvgIpc) is 2.72. The van der Waals surface area contributed by atoms with Crippen molar-refractivity contribution < 1.29 is 14.1 Å². The summed E-state index contributed by atoms with van der Waals surface area (Å²) in [6.07, 6.45) is 0. The number of aryl methyl sites for hydroxylation is 1. The van der Waals surface area contributed by atoms with E-state index in [4.69, 9.17) is 39.5 Å². The lowest BCUT2D eigenvalue weighted by molar-refractivity contribution is -0.384. The van der Waals surface area contributed by atoms with Crippen LogP contribution < -0.4 is 9.46 Å². The first-order valence-corrected chi connectivity index (χ1v) is 11.0. The Morgan fingerprint density at radius 1 is 1.00 bits per heavy atom. The summed E-state index contributed by atoms with van der Waals surface area (Å²) in [4.78, 5) is 10.9. The maximum Gasteiger partial charge on any atom is 0.271 e. The predicted octanol–water partition coefficient (Wildman–Crippen LogP) is 8.94. The van der Waals surface area contributed by atoms with Gasteiger partial charge in [-0.15, -0.1) is 0 Å². The van der Waals surface area contributed by atoms with E-state index in [2.05, 4.69) is 4.72 Å². The highest BCUT2D eigenvalue weighted by molar-refractivity contribution is 8.00. The molecule has 0 aliphatic rings. The van der Waals surface area contributed by atoms with Crippen molar-refractivity contribution in [1.82, 2.24) is 0 Å². The number of halogens is 4. The minimum Gasteiger partial charge on any atom is -0.453 e. The fraction of sp³-hybridized carbons (Fsp3) is 0.143. The molecule has 0 fully saturated rings. The van der Waals surface area contributed by atoms with Crippen molar-refractivity contribution in [3.05, 3.63) is 85.1 Å². The summed E-state index contributed by atoms with van der Waals surface area (Å²) < 4.78 is 22.0. The molecule has 10 heteroatoms. The first-order chi connectivity index (χ1) is 14.7. The van der Waals surface area contributed by atoms with Crippen molar-refractivity contribution in [2.75, 3.05) is 4.72 Å². The monoisotopic (exact) mass is 502 g/mol. The third-order valence-electron chi connectivity index (χ3n) is 3.78. The van der Waals surface area contributed by atoms with Crippen molar-refractivity contribution in [1.29, 1.82) is 0 Å². The van der Waals surface area contributed by atoms with E-state index in [0.29, 0.717) is 4.90 Å². The van der Waals surface area contributed by atoms with Crippen molar-refractivity contribution in [2.24, 2.45) is 0 Å². The number of nitro benzene ring substituents is 1. The summed E-state index contributed by atoms with van der Waals surface area (Å²) in [5.74, 6) is 0.0449. The number of nitro groups is 1. The maximum atomic E-state index is 13.2. The summed E-state index contributed by atoms with van der Waals surface area (Å²) in [6, 6.07) is 11.5. The molecule has 0 aromatic heterocycles. The number of non-ortho nitro benzene ring substituents is 1. The van der Waals surface area contributed by atoms with E-state index in [1.807, 2.05) is 13.8 Å². The number of hydrogen-bond donors (Lipinski definition) is 1. The second-order valence-electron chi connectivity index (χ2n) is 5.85. The van der Waals surface area contributed by atoms with Gasteiger partial charge in [0, 0.05) is 22.7 Å². The summed E-state index contributed by atoms with van der Waals surface area (Å²) in [5.41, 5.74) is 1.34. The molecular weight excluding hydrogens is 486 g/mol. The van der Waals surface area contributed by atoms with Gasteiger partial charge in [-0.05, 0) is 60.8 Å². The molecule has 0 amide bonds. The van der Waals surface area contributed by atoms with Crippen LogP contribution in [-0.4, -0.2) is 4.92 Å². The van der Waals surface area contributed by atoms with Gasteiger partial charge in [0.05, 0.1) is 20.0 Å². The summed E-state index contributed by atoms with van der Waals surface area (Å²) in [5, 5.41) is 11.3. The van der Waals surface area contributed by atoms with E-state index in [9.17, 15) is 14.5 Å². The zero-order valence-corrected chi connectivity index (χ0v) is 19.8. The Balaban J connectivity index is 0.00000166. The van der Waals surface area contributed by atoms with E-state index in [1.54, 1.807) is 25.1 Å². The van der Waals surface area contributed by atoms with E-state index in [0.717, 1.165) is 11.3 Å². The highest BCUT2D eigenvalue weighted by Crippen LogP contribution is 2.42. The molecular formula is C21H18Cl3FN2O3S. The lowest BCUT2D eigenvalue weighted by Crippen LogP contribution is -1.93. The smallest absolute Gasteiger partial charge is 0.271 e. The molecule has 0 saturated heterocycles. The van der Waals surface area contributed by atoms with Crippen molar-refractivity contribution in [2.45, 2.75) is 25.7 Å². The molecule has 0 atom stereocenters. The number of nitrogens with one attached hydrogen (secondary N) is 1. The quantitative estimate of drug-likeness (QED) is 0.207. The van der Waals surface area contributed by atoms with Gasteiger partial charge in [0.15, 0.2) is 5.75 Å². The van der Waals surface area contributed by atoms with E-state index < -0.39 is 4.92 Å². The van der Waals surface area contributed by atoms with Crippen LogP contribution >= 0.6 is 46.8 Å². The highest BCUT2D eigenvalue weighted by Gasteiger charge is 2.16. The van der Waals surface area contributed by atoms with Gasteiger partial charge in [-0.2, -0.15) is 0 Å². The lowest BCUT2D eigenvalue weighted by Gasteiger charge is -2.13. The van der Waals surface area contributed by atoms with Gasteiger partial charge in [-0.1, -0.05) is 48.7 Å². The number of ether oxygens (including phenoxy) is 1. The molecule has 0 bridgehead atoms. The van der Waals surface area contributed by atoms with Gasteiger partial charge in [0.1, 0.15) is 11.6 Å². The van der Waals surface area contributed by atoms with Crippen molar-refractivity contribution >= 4 is 58.1 Å². The zero-order chi connectivity index (χ0) is 23.1. The van der Waals surface area contributed by atoms with Gasteiger partial charge in [0.25, 0.3) is 5.69 Å². The highest BCUT2D eigenvalue weighted by atomic mass is 35.5. The minimum atomic E-state index is -0.558. The molecule has 5 nitrogen and oxygen atoms in total. The molecule has 3 rings (SSSR count). The Bertz CT molecular complexity index is 1080. The molecule has 31 heavy (non-hydrogen) atoms. The lowest BCUT2D eigenvalue weighted by atomic mass is 10.2. The standard InChI is InChI=1S/C19H12Cl3FN2O3S.C2H6/c1-10-6-11(23)2-4-17(10)24-29-13-8-15(21)19(16(22)9-13)28-18-5-3-12(25(26)27)7-14(18)20;1-2/h2-9,24H,1H3;1-2H3. The molecule has 3 aromatic carbocycles. The Morgan fingerprint density at radius 2 is 1.65 bits per heavy atom. The third kappa shape index (κ3) is 6.64. The summed E-state index contributed by atoms with van der Waals surface area (Å²) in [7, 11) is 0. The Hall–Kier alpha value is -2.19. The predicted molar refractivity (Wildman–Crippen MR) is 127 cm³/mol.